The van der Waals surface area contributed by atoms with Gasteiger partial charge in [-0.05, 0) is 49.8 Å². The Hall–Kier alpha value is -1.26. The number of urea groups is 1. The summed E-state index contributed by atoms with van der Waals surface area (Å²) in [5.41, 5.74) is 1.25. The van der Waals surface area contributed by atoms with Crippen molar-refractivity contribution in [3.8, 4) is 0 Å². The van der Waals surface area contributed by atoms with E-state index in [0.717, 1.165) is 30.5 Å². The second-order valence-corrected chi connectivity index (χ2v) is 7.06. The summed E-state index contributed by atoms with van der Waals surface area (Å²) in [6, 6.07) is 5.29. The van der Waals surface area contributed by atoms with Gasteiger partial charge in [-0.2, -0.15) is 0 Å². The molecule has 1 aromatic carbocycles. The molecule has 2 N–H and O–H groups in total. The summed E-state index contributed by atoms with van der Waals surface area (Å²) in [6.07, 6.45) is 2.59. The Labute approximate surface area is 137 Å². The molecule has 2 rings (SSSR count). The lowest BCUT2D eigenvalue weighted by Crippen LogP contribution is -2.52. The molecule has 5 heteroatoms. The molecule has 1 aromatic rings. The highest BCUT2D eigenvalue weighted by Gasteiger charge is 2.43. The number of aryl methyl sites for hydroxylation is 1. The van der Waals surface area contributed by atoms with Crippen molar-refractivity contribution >= 4 is 23.3 Å². The molecule has 1 aliphatic heterocycles. The summed E-state index contributed by atoms with van der Waals surface area (Å²) in [5.74, 6) is 0.424. The molecule has 0 aliphatic carbocycles. The molecule has 1 heterocycles. The molecule has 122 valence electrons. The minimum absolute atomic E-state index is 0.00707. The molecule has 1 saturated heterocycles. The monoisotopic (exact) mass is 324 g/mol. The zero-order valence-corrected chi connectivity index (χ0v) is 14.3. The molecule has 0 spiro atoms. The van der Waals surface area contributed by atoms with E-state index in [4.69, 9.17) is 11.6 Å². The van der Waals surface area contributed by atoms with Gasteiger partial charge in [-0.25, -0.2) is 4.79 Å². The van der Waals surface area contributed by atoms with Gasteiger partial charge >= 0.3 is 6.03 Å². The van der Waals surface area contributed by atoms with Gasteiger partial charge in [0.25, 0.3) is 0 Å². The Morgan fingerprint density at radius 2 is 2.23 bits per heavy atom. The van der Waals surface area contributed by atoms with Crippen molar-refractivity contribution in [3.05, 3.63) is 28.8 Å². The van der Waals surface area contributed by atoms with E-state index < -0.39 is 5.54 Å². The van der Waals surface area contributed by atoms with Gasteiger partial charge in [0.2, 0.25) is 0 Å². The SMILES string of the molecule is Cc1ccc(Cl)cc1NC(=O)N1CCCC1(CO)CC(C)C. The van der Waals surface area contributed by atoms with Crippen LogP contribution in [0.25, 0.3) is 0 Å². The molecule has 4 nitrogen and oxygen atoms in total. The summed E-state index contributed by atoms with van der Waals surface area (Å²) in [5, 5.41) is 13.4. The minimum Gasteiger partial charge on any atom is -0.394 e. The minimum atomic E-state index is -0.440. The highest BCUT2D eigenvalue weighted by atomic mass is 35.5. The lowest BCUT2D eigenvalue weighted by Gasteiger charge is -2.38. The topological polar surface area (TPSA) is 52.6 Å². The first kappa shape index (κ1) is 17.1. The van der Waals surface area contributed by atoms with Gasteiger partial charge in [0.05, 0.1) is 12.1 Å². The van der Waals surface area contributed by atoms with E-state index in [0.29, 0.717) is 17.5 Å². The third-order valence-corrected chi connectivity index (χ3v) is 4.60. The number of carbonyl (C=O) groups is 1. The Bertz CT molecular complexity index is 547. The van der Waals surface area contributed by atoms with E-state index in [9.17, 15) is 9.90 Å². The van der Waals surface area contributed by atoms with Crippen molar-refractivity contribution in [1.29, 1.82) is 0 Å². The van der Waals surface area contributed by atoms with Crippen LogP contribution >= 0.6 is 11.6 Å². The van der Waals surface area contributed by atoms with Gasteiger partial charge < -0.3 is 15.3 Å². The van der Waals surface area contributed by atoms with Crippen LogP contribution in [0.15, 0.2) is 18.2 Å². The number of hydrogen-bond donors (Lipinski definition) is 2. The maximum Gasteiger partial charge on any atom is 0.322 e. The summed E-state index contributed by atoms with van der Waals surface area (Å²) >= 11 is 6.01. The number of nitrogens with one attached hydrogen (secondary N) is 1. The second-order valence-electron chi connectivity index (χ2n) is 6.63. The van der Waals surface area contributed by atoms with Crippen molar-refractivity contribution in [3.63, 3.8) is 0 Å². The van der Waals surface area contributed by atoms with Crippen molar-refractivity contribution in [2.24, 2.45) is 5.92 Å². The van der Waals surface area contributed by atoms with Crippen LogP contribution in [0, 0.1) is 12.8 Å². The van der Waals surface area contributed by atoms with Crippen molar-refractivity contribution in [1.82, 2.24) is 4.90 Å². The fraction of sp³-hybridized carbons (Fsp3) is 0.588. The number of halogens is 1. The predicted octanol–water partition coefficient (Wildman–Crippen LogP) is 4.05. The molecule has 1 atom stereocenters. The van der Waals surface area contributed by atoms with Crippen LogP contribution in [0.5, 0.6) is 0 Å². The number of hydrogen-bond acceptors (Lipinski definition) is 2. The van der Waals surface area contributed by atoms with E-state index >= 15 is 0 Å². The maximum atomic E-state index is 12.7. The highest BCUT2D eigenvalue weighted by Crippen LogP contribution is 2.35. The van der Waals surface area contributed by atoms with Gasteiger partial charge in [0.1, 0.15) is 0 Å². The van der Waals surface area contributed by atoms with Crippen molar-refractivity contribution < 1.29 is 9.90 Å². The Morgan fingerprint density at radius 1 is 1.50 bits per heavy atom. The Kier molecular flexibility index (Phi) is 5.35. The lowest BCUT2D eigenvalue weighted by molar-refractivity contribution is 0.0728. The normalized spacial score (nSPS) is 21.5. The maximum absolute atomic E-state index is 12.7. The molecule has 0 bridgehead atoms. The van der Waals surface area contributed by atoms with Gasteiger partial charge in [0, 0.05) is 17.3 Å². The molecule has 1 aliphatic rings. The Balaban J connectivity index is 2.18. The summed E-state index contributed by atoms with van der Waals surface area (Å²) in [4.78, 5) is 14.5. The molecule has 22 heavy (non-hydrogen) atoms. The third kappa shape index (κ3) is 3.55. The average molecular weight is 325 g/mol. The number of benzene rings is 1. The fourth-order valence-corrected chi connectivity index (χ4v) is 3.54. The highest BCUT2D eigenvalue weighted by molar-refractivity contribution is 6.31. The van der Waals surface area contributed by atoms with Crippen molar-refractivity contribution in [2.45, 2.75) is 45.6 Å². The molecule has 0 aromatic heterocycles. The number of amides is 2. The fourth-order valence-electron chi connectivity index (χ4n) is 3.37. The van der Waals surface area contributed by atoms with Gasteiger partial charge in [-0.15, -0.1) is 0 Å². The molecular weight excluding hydrogens is 300 g/mol. The van der Waals surface area contributed by atoms with E-state index in [1.54, 1.807) is 17.0 Å². The number of carbonyl (C=O) groups excluding carboxylic acids is 1. The standard InChI is InChI=1S/C17H25ClN2O2/c1-12(2)10-17(11-21)7-4-8-20(17)16(22)19-15-9-14(18)6-5-13(15)3/h5-6,9,12,21H,4,7-8,10-11H2,1-3H3,(H,19,22). The van der Waals surface area contributed by atoms with Crippen LogP contribution in [0.3, 0.4) is 0 Å². The number of likely N-dealkylation sites (tertiary alicyclic amines) is 1. The molecule has 1 unspecified atom stereocenters. The summed E-state index contributed by atoms with van der Waals surface area (Å²) < 4.78 is 0. The van der Waals surface area contributed by atoms with E-state index in [1.807, 2.05) is 13.0 Å². The number of aliphatic hydroxyl groups excluding tert-OH is 1. The van der Waals surface area contributed by atoms with E-state index in [2.05, 4.69) is 19.2 Å². The number of anilines is 1. The van der Waals surface area contributed by atoms with Crippen LogP contribution in [0.1, 0.15) is 38.7 Å². The third-order valence-electron chi connectivity index (χ3n) is 4.37. The molecule has 2 amide bonds. The smallest absolute Gasteiger partial charge is 0.322 e. The van der Waals surface area contributed by atoms with Crippen LogP contribution in [-0.4, -0.2) is 34.7 Å². The van der Waals surface area contributed by atoms with E-state index in [1.165, 1.54) is 0 Å². The zero-order valence-electron chi connectivity index (χ0n) is 13.5. The van der Waals surface area contributed by atoms with Crippen LogP contribution in [0.4, 0.5) is 10.5 Å². The number of nitrogens with zero attached hydrogens (tertiary/aromatic N) is 1. The van der Waals surface area contributed by atoms with E-state index in [-0.39, 0.29) is 12.6 Å². The largest absolute Gasteiger partial charge is 0.394 e. The number of rotatable bonds is 4. The first-order valence-corrected chi connectivity index (χ1v) is 8.21. The van der Waals surface area contributed by atoms with Crippen molar-refractivity contribution in [2.75, 3.05) is 18.5 Å². The van der Waals surface area contributed by atoms with Gasteiger partial charge in [-0.1, -0.05) is 31.5 Å². The lowest BCUT2D eigenvalue weighted by atomic mass is 9.87. The van der Waals surface area contributed by atoms with Crippen LogP contribution < -0.4 is 5.32 Å². The first-order chi connectivity index (χ1) is 10.4. The zero-order chi connectivity index (χ0) is 16.3. The predicted molar refractivity (Wildman–Crippen MR) is 90.4 cm³/mol. The van der Waals surface area contributed by atoms with Gasteiger partial charge in [0.15, 0.2) is 0 Å². The summed E-state index contributed by atoms with van der Waals surface area (Å²) in [6.45, 7) is 6.86. The molecule has 1 fully saturated rings. The average Bonchev–Trinajstić information content (AvgIpc) is 2.86. The molecule has 0 radical (unpaired) electrons. The molecule has 0 saturated carbocycles. The van der Waals surface area contributed by atoms with Crippen LogP contribution in [0.2, 0.25) is 5.02 Å². The quantitative estimate of drug-likeness (QED) is 0.877. The molecular formula is C17H25ClN2O2. The van der Waals surface area contributed by atoms with Crippen LogP contribution in [-0.2, 0) is 0 Å². The van der Waals surface area contributed by atoms with Gasteiger partial charge in [-0.3, -0.25) is 0 Å². The number of aliphatic hydroxyl groups is 1. The summed E-state index contributed by atoms with van der Waals surface area (Å²) in [7, 11) is 0. The first-order valence-electron chi connectivity index (χ1n) is 7.83. The Morgan fingerprint density at radius 3 is 2.86 bits per heavy atom. The second kappa shape index (κ2) is 6.88.